The average Bonchev–Trinajstić information content (AvgIpc) is 2.21. The monoisotopic (exact) mass is 277 g/mol. The van der Waals surface area contributed by atoms with Crippen LogP contribution in [0.4, 0.5) is 5.95 Å². The maximum atomic E-state index is 5.86. The van der Waals surface area contributed by atoms with Crippen LogP contribution in [0.3, 0.4) is 0 Å². The van der Waals surface area contributed by atoms with Crippen LogP contribution in [-0.2, 0) is 0 Å². The maximum absolute atomic E-state index is 5.86. The Kier molecular flexibility index (Phi) is 4.13. The smallest absolute Gasteiger partial charge is 0.223 e. The van der Waals surface area contributed by atoms with Crippen LogP contribution in [-0.4, -0.2) is 21.4 Å². The summed E-state index contributed by atoms with van der Waals surface area (Å²) >= 11 is 9.14. The summed E-state index contributed by atoms with van der Waals surface area (Å²) in [5.74, 6) is 1.14. The Morgan fingerprint density at radius 2 is 2.07 bits per heavy atom. The van der Waals surface area contributed by atoms with Crippen LogP contribution in [0.5, 0.6) is 0 Å². The topological polar surface area (TPSA) is 37.8 Å². The van der Waals surface area contributed by atoms with Crippen LogP contribution >= 0.6 is 27.5 Å². The number of halogens is 2. The lowest BCUT2D eigenvalue weighted by molar-refractivity contribution is 0.548. The molecule has 0 saturated carbocycles. The van der Waals surface area contributed by atoms with Gasteiger partial charge < -0.3 is 5.32 Å². The SMILES string of the molecule is CCC(C)(CCl)Nc1ncc(Br)cn1. The molecule has 0 radical (unpaired) electrons. The molecule has 0 aromatic carbocycles. The van der Waals surface area contributed by atoms with Gasteiger partial charge in [0.05, 0.1) is 10.0 Å². The zero-order chi connectivity index (χ0) is 10.6. The predicted molar refractivity (Wildman–Crippen MR) is 62.8 cm³/mol. The number of hydrogen-bond acceptors (Lipinski definition) is 3. The van der Waals surface area contributed by atoms with Crippen molar-refractivity contribution in [1.29, 1.82) is 0 Å². The van der Waals surface area contributed by atoms with Gasteiger partial charge in [-0.2, -0.15) is 0 Å². The molecule has 3 nitrogen and oxygen atoms in total. The highest BCUT2D eigenvalue weighted by molar-refractivity contribution is 9.10. The normalized spacial score (nSPS) is 14.9. The molecule has 0 bridgehead atoms. The van der Waals surface area contributed by atoms with Gasteiger partial charge in [0.1, 0.15) is 0 Å². The van der Waals surface area contributed by atoms with E-state index in [0.717, 1.165) is 10.9 Å². The second kappa shape index (κ2) is 4.94. The van der Waals surface area contributed by atoms with Crippen molar-refractivity contribution >= 4 is 33.5 Å². The maximum Gasteiger partial charge on any atom is 0.223 e. The molecule has 0 aliphatic heterocycles. The highest BCUT2D eigenvalue weighted by atomic mass is 79.9. The van der Waals surface area contributed by atoms with Crippen LogP contribution in [0.25, 0.3) is 0 Å². The van der Waals surface area contributed by atoms with Crippen molar-refractivity contribution in [2.24, 2.45) is 0 Å². The summed E-state index contributed by atoms with van der Waals surface area (Å²) in [7, 11) is 0. The van der Waals surface area contributed by atoms with E-state index in [0.29, 0.717) is 11.8 Å². The highest BCUT2D eigenvalue weighted by Gasteiger charge is 2.21. The minimum atomic E-state index is -0.143. The van der Waals surface area contributed by atoms with Gasteiger partial charge >= 0.3 is 0 Å². The van der Waals surface area contributed by atoms with E-state index >= 15 is 0 Å². The van der Waals surface area contributed by atoms with Crippen molar-refractivity contribution in [3.63, 3.8) is 0 Å². The number of anilines is 1. The van der Waals surface area contributed by atoms with E-state index in [2.05, 4.69) is 38.1 Å². The van der Waals surface area contributed by atoms with Crippen LogP contribution in [0, 0.1) is 0 Å². The van der Waals surface area contributed by atoms with Gasteiger partial charge in [-0.3, -0.25) is 0 Å². The molecule has 14 heavy (non-hydrogen) atoms. The van der Waals surface area contributed by atoms with Crippen molar-refractivity contribution in [2.75, 3.05) is 11.2 Å². The fourth-order valence-electron chi connectivity index (χ4n) is 0.863. The minimum absolute atomic E-state index is 0.143. The Labute approximate surface area is 97.4 Å². The fourth-order valence-corrected chi connectivity index (χ4v) is 1.32. The van der Waals surface area contributed by atoms with Crippen molar-refractivity contribution in [3.05, 3.63) is 16.9 Å². The van der Waals surface area contributed by atoms with E-state index in [-0.39, 0.29) is 5.54 Å². The summed E-state index contributed by atoms with van der Waals surface area (Å²) < 4.78 is 0.868. The molecule has 0 amide bonds. The second-order valence-electron chi connectivity index (χ2n) is 3.40. The van der Waals surface area contributed by atoms with E-state index < -0.39 is 0 Å². The number of alkyl halides is 1. The summed E-state index contributed by atoms with van der Waals surface area (Å²) in [5, 5.41) is 3.21. The minimum Gasteiger partial charge on any atom is -0.348 e. The molecule has 5 heteroatoms. The van der Waals surface area contributed by atoms with E-state index in [1.54, 1.807) is 12.4 Å². The van der Waals surface area contributed by atoms with Gasteiger partial charge in [-0.15, -0.1) is 11.6 Å². The quantitative estimate of drug-likeness (QED) is 0.860. The molecule has 0 aliphatic rings. The first-order valence-corrected chi connectivity index (χ1v) is 5.74. The molecule has 1 heterocycles. The third kappa shape index (κ3) is 3.10. The van der Waals surface area contributed by atoms with Gasteiger partial charge in [-0.1, -0.05) is 6.92 Å². The third-order valence-electron chi connectivity index (χ3n) is 2.11. The van der Waals surface area contributed by atoms with Gasteiger partial charge in [-0.05, 0) is 29.3 Å². The van der Waals surface area contributed by atoms with Gasteiger partial charge in [0.25, 0.3) is 0 Å². The van der Waals surface area contributed by atoms with Crippen LogP contribution in [0.1, 0.15) is 20.3 Å². The summed E-state index contributed by atoms with van der Waals surface area (Å²) in [6, 6.07) is 0. The van der Waals surface area contributed by atoms with Gasteiger partial charge in [0.15, 0.2) is 0 Å². The molecule has 1 atom stereocenters. The number of nitrogens with one attached hydrogen (secondary N) is 1. The lowest BCUT2D eigenvalue weighted by atomic mass is 10.0. The Morgan fingerprint density at radius 1 is 1.50 bits per heavy atom. The van der Waals surface area contributed by atoms with Crippen molar-refractivity contribution in [3.8, 4) is 0 Å². The first-order valence-electron chi connectivity index (χ1n) is 4.41. The molecular formula is C9H13BrClN3. The summed E-state index contributed by atoms with van der Waals surface area (Å²) in [6.07, 6.45) is 4.34. The van der Waals surface area contributed by atoms with Crippen LogP contribution < -0.4 is 5.32 Å². The Balaban J connectivity index is 2.72. The standard InChI is InChI=1S/C9H13BrClN3/c1-3-9(2,6-11)14-8-12-4-7(10)5-13-8/h4-5H,3,6H2,1-2H3,(H,12,13,14). The molecular weight excluding hydrogens is 265 g/mol. The second-order valence-corrected chi connectivity index (χ2v) is 4.58. The molecule has 78 valence electrons. The number of rotatable bonds is 4. The molecule has 1 unspecified atom stereocenters. The molecule has 0 fully saturated rings. The molecule has 1 aromatic rings. The Morgan fingerprint density at radius 3 is 2.50 bits per heavy atom. The zero-order valence-corrected chi connectivity index (χ0v) is 10.6. The molecule has 1 aromatic heterocycles. The summed E-state index contributed by atoms with van der Waals surface area (Å²) in [5.41, 5.74) is -0.143. The molecule has 0 saturated heterocycles. The average molecular weight is 279 g/mol. The van der Waals surface area contributed by atoms with Gasteiger partial charge in [0.2, 0.25) is 5.95 Å². The van der Waals surface area contributed by atoms with Crippen molar-refractivity contribution in [2.45, 2.75) is 25.8 Å². The first kappa shape index (κ1) is 11.7. The Hall–Kier alpha value is -0.350. The molecule has 1 N–H and O–H groups in total. The van der Waals surface area contributed by atoms with E-state index in [1.807, 2.05) is 6.92 Å². The third-order valence-corrected chi connectivity index (χ3v) is 3.11. The van der Waals surface area contributed by atoms with Gasteiger partial charge in [-0.25, -0.2) is 9.97 Å². The summed E-state index contributed by atoms with van der Waals surface area (Å²) in [4.78, 5) is 8.26. The van der Waals surface area contributed by atoms with Crippen LogP contribution in [0.2, 0.25) is 0 Å². The van der Waals surface area contributed by atoms with E-state index in [4.69, 9.17) is 11.6 Å². The largest absolute Gasteiger partial charge is 0.348 e. The molecule has 0 spiro atoms. The lowest BCUT2D eigenvalue weighted by Gasteiger charge is -2.26. The number of aromatic nitrogens is 2. The van der Waals surface area contributed by atoms with Crippen LogP contribution in [0.15, 0.2) is 16.9 Å². The van der Waals surface area contributed by atoms with Gasteiger partial charge in [0, 0.05) is 18.3 Å². The molecule has 0 aliphatic carbocycles. The Bertz CT molecular complexity index is 285. The zero-order valence-electron chi connectivity index (χ0n) is 8.22. The first-order chi connectivity index (χ1) is 6.59. The lowest BCUT2D eigenvalue weighted by Crippen LogP contribution is -2.36. The predicted octanol–water partition coefficient (Wildman–Crippen LogP) is 3.06. The number of nitrogens with zero attached hydrogens (tertiary/aromatic N) is 2. The van der Waals surface area contributed by atoms with E-state index in [1.165, 1.54) is 0 Å². The fraction of sp³-hybridized carbons (Fsp3) is 0.556. The number of hydrogen-bond donors (Lipinski definition) is 1. The summed E-state index contributed by atoms with van der Waals surface area (Å²) in [6.45, 7) is 4.12. The van der Waals surface area contributed by atoms with Crippen molar-refractivity contribution < 1.29 is 0 Å². The highest BCUT2D eigenvalue weighted by Crippen LogP contribution is 2.17. The van der Waals surface area contributed by atoms with E-state index in [9.17, 15) is 0 Å². The van der Waals surface area contributed by atoms with Crippen molar-refractivity contribution in [1.82, 2.24) is 9.97 Å². The molecule has 1 rings (SSSR count).